The lowest BCUT2D eigenvalue weighted by atomic mass is 9.98. The molecule has 2 aromatic carbocycles. The molecule has 1 amide bonds. The number of rotatable bonds is 3. The van der Waals surface area contributed by atoms with Crippen molar-refractivity contribution in [2.24, 2.45) is 0 Å². The van der Waals surface area contributed by atoms with E-state index in [0.717, 1.165) is 32.8 Å². The number of hydrogen-bond donors (Lipinski definition) is 1. The summed E-state index contributed by atoms with van der Waals surface area (Å²) in [5.41, 5.74) is 2.72. The molecule has 0 aliphatic carbocycles. The van der Waals surface area contributed by atoms with E-state index in [4.69, 9.17) is 0 Å². The zero-order chi connectivity index (χ0) is 23.2. The summed E-state index contributed by atoms with van der Waals surface area (Å²) < 4.78 is 52.8. The second-order valence-electron chi connectivity index (χ2n) is 7.81. The van der Waals surface area contributed by atoms with Crippen LogP contribution in [0.5, 0.6) is 0 Å². The molecule has 2 aromatic heterocycles. The molecular formula is C24H18F4N4O. The Morgan fingerprint density at radius 1 is 1.06 bits per heavy atom. The second-order valence-corrected chi connectivity index (χ2v) is 7.81. The first-order valence-electron chi connectivity index (χ1n) is 10.3. The van der Waals surface area contributed by atoms with E-state index in [1.165, 1.54) is 18.3 Å². The Labute approximate surface area is 185 Å². The van der Waals surface area contributed by atoms with Gasteiger partial charge >= 0.3 is 6.18 Å². The Balaban J connectivity index is 1.29. The average molecular weight is 454 g/mol. The Bertz CT molecular complexity index is 1370. The number of alkyl halides is 3. The molecule has 1 aliphatic heterocycles. The van der Waals surface area contributed by atoms with Crippen molar-refractivity contribution in [2.75, 3.05) is 13.1 Å². The molecule has 0 saturated carbocycles. The Morgan fingerprint density at radius 2 is 1.85 bits per heavy atom. The predicted octanol–water partition coefficient (Wildman–Crippen LogP) is 5.44. The number of aromatic nitrogens is 3. The molecule has 0 bridgehead atoms. The van der Waals surface area contributed by atoms with Gasteiger partial charge in [0.25, 0.3) is 5.91 Å². The molecule has 1 aliphatic rings. The van der Waals surface area contributed by atoms with Crippen molar-refractivity contribution in [2.45, 2.75) is 12.6 Å². The van der Waals surface area contributed by atoms with Gasteiger partial charge in [0.15, 0.2) is 5.69 Å². The first-order valence-corrected chi connectivity index (χ1v) is 10.3. The first kappa shape index (κ1) is 21.0. The lowest BCUT2D eigenvalue weighted by Gasteiger charge is -2.26. The lowest BCUT2D eigenvalue weighted by Crippen LogP contribution is -2.34. The number of benzene rings is 2. The maximum absolute atomic E-state index is 13.4. The maximum atomic E-state index is 13.4. The molecule has 0 spiro atoms. The molecule has 5 rings (SSSR count). The highest BCUT2D eigenvalue weighted by atomic mass is 19.4. The van der Waals surface area contributed by atoms with Gasteiger partial charge in [-0.1, -0.05) is 6.08 Å². The van der Waals surface area contributed by atoms with E-state index in [1.54, 1.807) is 35.2 Å². The van der Waals surface area contributed by atoms with Crippen molar-refractivity contribution in [3.8, 4) is 5.69 Å². The lowest BCUT2D eigenvalue weighted by molar-refractivity contribution is -0.141. The summed E-state index contributed by atoms with van der Waals surface area (Å²) >= 11 is 0. The standard InChI is InChI=1S/C24H18F4N4O/c25-17-3-6-19-20(14-29-21(19)13-17)15-7-10-31(11-8-15)23(33)16-1-4-18(5-2-16)32-12-9-22(30-32)24(26,27)28/h1-7,9,12-14,29H,8,10-11H2. The van der Waals surface area contributed by atoms with Gasteiger partial charge in [0, 0.05) is 47.5 Å². The Morgan fingerprint density at radius 3 is 2.52 bits per heavy atom. The zero-order valence-corrected chi connectivity index (χ0v) is 17.2. The van der Waals surface area contributed by atoms with Crippen LogP contribution in [0.2, 0.25) is 0 Å². The summed E-state index contributed by atoms with van der Waals surface area (Å²) in [4.78, 5) is 17.7. The number of aromatic amines is 1. The SMILES string of the molecule is O=C(c1ccc(-n2ccc(C(F)(F)F)n2)cc1)N1CC=C(c2c[nH]c3cc(F)ccc23)CC1. The van der Waals surface area contributed by atoms with Crippen LogP contribution < -0.4 is 0 Å². The molecular weight excluding hydrogens is 436 g/mol. The smallest absolute Gasteiger partial charge is 0.360 e. The molecule has 3 heterocycles. The maximum Gasteiger partial charge on any atom is 0.435 e. The quantitative estimate of drug-likeness (QED) is 0.419. The summed E-state index contributed by atoms with van der Waals surface area (Å²) in [5.74, 6) is -0.459. The van der Waals surface area contributed by atoms with Crippen LogP contribution in [-0.4, -0.2) is 38.7 Å². The highest BCUT2D eigenvalue weighted by molar-refractivity contribution is 5.96. The van der Waals surface area contributed by atoms with Gasteiger partial charge in [-0.05, 0) is 60.5 Å². The number of fused-ring (bicyclic) bond motifs is 1. The minimum absolute atomic E-state index is 0.158. The molecule has 1 N–H and O–H groups in total. The summed E-state index contributed by atoms with van der Waals surface area (Å²) in [5, 5.41) is 4.48. The van der Waals surface area contributed by atoms with Crippen molar-refractivity contribution in [1.82, 2.24) is 19.7 Å². The van der Waals surface area contributed by atoms with Crippen LogP contribution in [0.15, 0.2) is 67.0 Å². The summed E-state index contributed by atoms with van der Waals surface area (Å²) in [6.07, 6.45) is 1.22. The topological polar surface area (TPSA) is 53.9 Å². The molecule has 0 saturated heterocycles. The summed E-state index contributed by atoms with van der Waals surface area (Å²) in [6.45, 7) is 0.951. The fourth-order valence-corrected chi connectivity index (χ4v) is 4.02. The van der Waals surface area contributed by atoms with Gasteiger partial charge in [0.1, 0.15) is 5.82 Å². The largest absolute Gasteiger partial charge is 0.435 e. The van der Waals surface area contributed by atoms with Crippen LogP contribution in [0.3, 0.4) is 0 Å². The highest BCUT2D eigenvalue weighted by Gasteiger charge is 2.33. The number of halogens is 4. The van der Waals surface area contributed by atoms with Crippen LogP contribution in [0, 0.1) is 5.82 Å². The molecule has 4 aromatic rings. The Hall–Kier alpha value is -3.88. The molecule has 9 heteroatoms. The molecule has 168 valence electrons. The van der Waals surface area contributed by atoms with Crippen molar-refractivity contribution in [3.05, 3.63) is 89.6 Å². The fraction of sp³-hybridized carbons (Fsp3) is 0.167. The summed E-state index contributed by atoms with van der Waals surface area (Å²) in [7, 11) is 0. The third-order valence-electron chi connectivity index (χ3n) is 5.74. The van der Waals surface area contributed by atoms with Gasteiger partial charge in [-0.3, -0.25) is 4.79 Å². The molecule has 0 radical (unpaired) electrons. The van der Waals surface area contributed by atoms with Gasteiger partial charge in [-0.25, -0.2) is 9.07 Å². The Kier molecular flexibility index (Phi) is 5.03. The van der Waals surface area contributed by atoms with E-state index in [9.17, 15) is 22.4 Å². The third-order valence-corrected chi connectivity index (χ3v) is 5.74. The van der Waals surface area contributed by atoms with Gasteiger partial charge in [-0.2, -0.15) is 18.3 Å². The number of nitrogens with one attached hydrogen (secondary N) is 1. The molecule has 0 fully saturated rings. The van der Waals surface area contributed by atoms with E-state index in [1.807, 2.05) is 12.3 Å². The first-order chi connectivity index (χ1) is 15.8. The van der Waals surface area contributed by atoms with Crippen LogP contribution in [0.1, 0.15) is 28.0 Å². The number of H-pyrrole nitrogens is 1. The van der Waals surface area contributed by atoms with E-state index in [2.05, 4.69) is 10.1 Å². The van der Waals surface area contributed by atoms with Crippen molar-refractivity contribution in [3.63, 3.8) is 0 Å². The predicted molar refractivity (Wildman–Crippen MR) is 115 cm³/mol. The molecule has 5 nitrogen and oxygen atoms in total. The van der Waals surface area contributed by atoms with Gasteiger partial charge in [-0.15, -0.1) is 0 Å². The van der Waals surface area contributed by atoms with Crippen LogP contribution in [0.4, 0.5) is 17.6 Å². The zero-order valence-electron chi connectivity index (χ0n) is 17.2. The van der Waals surface area contributed by atoms with Gasteiger partial charge < -0.3 is 9.88 Å². The molecule has 33 heavy (non-hydrogen) atoms. The number of carbonyl (C=O) groups is 1. The molecule has 0 atom stereocenters. The second kappa shape index (κ2) is 7.91. The van der Waals surface area contributed by atoms with Gasteiger partial charge in [0.2, 0.25) is 0 Å². The van der Waals surface area contributed by atoms with E-state index >= 15 is 0 Å². The highest BCUT2D eigenvalue weighted by Crippen LogP contribution is 2.30. The van der Waals surface area contributed by atoms with Crippen LogP contribution in [0.25, 0.3) is 22.2 Å². The normalized spacial score (nSPS) is 14.5. The van der Waals surface area contributed by atoms with Crippen molar-refractivity contribution >= 4 is 22.4 Å². The average Bonchev–Trinajstić information content (AvgIpc) is 3.46. The van der Waals surface area contributed by atoms with Gasteiger partial charge in [0.05, 0.1) is 5.69 Å². The van der Waals surface area contributed by atoms with E-state index in [0.29, 0.717) is 30.8 Å². The minimum Gasteiger partial charge on any atom is -0.360 e. The minimum atomic E-state index is -4.51. The van der Waals surface area contributed by atoms with Crippen LogP contribution in [-0.2, 0) is 6.18 Å². The number of hydrogen-bond acceptors (Lipinski definition) is 2. The van der Waals surface area contributed by atoms with E-state index < -0.39 is 11.9 Å². The molecule has 0 unspecified atom stereocenters. The third kappa shape index (κ3) is 4.02. The number of amides is 1. The fourth-order valence-electron chi connectivity index (χ4n) is 4.02. The number of nitrogens with zero attached hydrogens (tertiary/aromatic N) is 3. The van der Waals surface area contributed by atoms with Crippen molar-refractivity contribution < 1.29 is 22.4 Å². The summed E-state index contributed by atoms with van der Waals surface area (Å²) in [6, 6.07) is 11.8. The van der Waals surface area contributed by atoms with Crippen molar-refractivity contribution in [1.29, 1.82) is 0 Å². The monoisotopic (exact) mass is 454 g/mol. The van der Waals surface area contributed by atoms with Crippen LogP contribution >= 0.6 is 0 Å². The van der Waals surface area contributed by atoms with E-state index in [-0.39, 0.29) is 11.7 Å². The number of carbonyl (C=O) groups excluding carboxylic acids is 1.